The molecule has 0 atom stereocenters. The number of methoxy groups -OCH3 is 1. The fourth-order valence-electron chi connectivity index (χ4n) is 5.12. The van der Waals surface area contributed by atoms with Crippen LogP contribution in [0.2, 0.25) is 0 Å². The van der Waals surface area contributed by atoms with E-state index >= 15 is 0 Å². The zero-order valence-corrected chi connectivity index (χ0v) is 21.7. The molecule has 4 rings (SSSR count). The Hall–Kier alpha value is -3.45. The fourth-order valence-corrected chi connectivity index (χ4v) is 5.12. The van der Waals surface area contributed by atoms with E-state index < -0.39 is 11.7 Å². The number of hydrogen-bond donors (Lipinski definition) is 0. The van der Waals surface area contributed by atoms with Gasteiger partial charge in [-0.2, -0.15) is 18.4 Å². The lowest BCUT2D eigenvalue weighted by molar-refractivity contribution is -0.137. The van der Waals surface area contributed by atoms with E-state index in [2.05, 4.69) is 21.9 Å². The van der Waals surface area contributed by atoms with E-state index in [0.717, 1.165) is 51.0 Å². The smallest absolute Gasteiger partial charge is 0.417 e. The number of piperazine rings is 1. The van der Waals surface area contributed by atoms with Crippen molar-refractivity contribution in [2.24, 2.45) is 0 Å². The van der Waals surface area contributed by atoms with Gasteiger partial charge in [0.05, 0.1) is 24.3 Å². The number of halogens is 3. The van der Waals surface area contributed by atoms with Crippen LogP contribution in [0.15, 0.2) is 42.5 Å². The summed E-state index contributed by atoms with van der Waals surface area (Å²) in [5.74, 6) is 0.943. The summed E-state index contributed by atoms with van der Waals surface area (Å²) in [7, 11) is 1.66. The van der Waals surface area contributed by atoms with Gasteiger partial charge in [-0.25, -0.2) is 0 Å². The summed E-state index contributed by atoms with van der Waals surface area (Å²) in [6, 6.07) is 13.5. The van der Waals surface area contributed by atoms with Crippen molar-refractivity contribution in [2.45, 2.75) is 32.9 Å². The predicted molar refractivity (Wildman–Crippen MR) is 147 cm³/mol. The number of amides is 1. The molecule has 0 spiro atoms. The normalized spacial score (nSPS) is 16.7. The van der Waals surface area contributed by atoms with E-state index in [1.807, 2.05) is 21.9 Å². The third kappa shape index (κ3) is 7.79. The number of benzene rings is 2. The molecular formula is C29H38F3N5O2. The average Bonchev–Trinajstić information content (AvgIpc) is 3.19. The first-order chi connectivity index (χ1) is 18.3. The molecule has 0 unspecified atom stereocenters. The highest BCUT2D eigenvalue weighted by Crippen LogP contribution is 2.34. The quantitative estimate of drug-likeness (QED) is 0.495. The van der Waals surface area contributed by atoms with Crippen LogP contribution in [0.4, 0.5) is 24.5 Å². The topological polar surface area (TPSA) is 63.1 Å². The van der Waals surface area contributed by atoms with Crippen molar-refractivity contribution in [2.75, 3.05) is 75.8 Å². The highest BCUT2D eigenvalue weighted by atomic mass is 19.4. The summed E-state index contributed by atoms with van der Waals surface area (Å²) in [4.78, 5) is 21.3. The molecule has 2 aromatic carbocycles. The number of alkyl halides is 3. The van der Waals surface area contributed by atoms with Gasteiger partial charge in [-0.15, -0.1) is 0 Å². The molecule has 0 aliphatic carbocycles. The first kappa shape index (κ1) is 30.1. The van der Waals surface area contributed by atoms with E-state index in [-0.39, 0.29) is 18.9 Å². The maximum absolute atomic E-state index is 13.4. The van der Waals surface area contributed by atoms with Crippen molar-refractivity contribution in [3.05, 3.63) is 53.6 Å². The van der Waals surface area contributed by atoms with Crippen LogP contribution < -0.4 is 14.5 Å². The Morgan fingerprint density at radius 3 is 2.21 bits per heavy atom. The Morgan fingerprint density at radius 1 is 0.923 bits per heavy atom. The van der Waals surface area contributed by atoms with Gasteiger partial charge in [0, 0.05) is 70.2 Å². The van der Waals surface area contributed by atoms with Gasteiger partial charge in [-0.1, -0.05) is 7.43 Å². The van der Waals surface area contributed by atoms with Crippen LogP contribution >= 0.6 is 0 Å². The number of rotatable bonds is 7. The van der Waals surface area contributed by atoms with E-state index in [9.17, 15) is 18.0 Å². The minimum atomic E-state index is -4.59. The summed E-state index contributed by atoms with van der Waals surface area (Å²) < 4.78 is 45.4. The highest BCUT2D eigenvalue weighted by Gasteiger charge is 2.34. The minimum Gasteiger partial charge on any atom is -0.497 e. The molecule has 2 fully saturated rings. The zero-order valence-electron chi connectivity index (χ0n) is 21.7. The highest BCUT2D eigenvalue weighted by molar-refractivity contribution is 5.76. The van der Waals surface area contributed by atoms with Gasteiger partial charge >= 0.3 is 6.18 Å². The Balaban J connectivity index is 0.00000420. The molecule has 2 aromatic rings. The first-order valence-electron chi connectivity index (χ1n) is 13.0. The number of nitriles is 1. The van der Waals surface area contributed by atoms with Gasteiger partial charge in [-0.3, -0.25) is 9.69 Å². The Labute approximate surface area is 229 Å². The lowest BCUT2D eigenvalue weighted by Crippen LogP contribution is -2.46. The van der Waals surface area contributed by atoms with E-state index in [1.54, 1.807) is 19.2 Å². The minimum absolute atomic E-state index is 0. The van der Waals surface area contributed by atoms with Gasteiger partial charge in [0.2, 0.25) is 5.91 Å². The van der Waals surface area contributed by atoms with Crippen LogP contribution in [0, 0.1) is 11.3 Å². The van der Waals surface area contributed by atoms with Crippen LogP contribution in [0.25, 0.3) is 0 Å². The van der Waals surface area contributed by atoms with Crippen LogP contribution in [0.3, 0.4) is 0 Å². The number of carbonyl (C=O) groups is 1. The molecule has 10 heteroatoms. The molecule has 0 radical (unpaired) electrons. The summed E-state index contributed by atoms with van der Waals surface area (Å²) in [6.07, 6.45) is -2.66. The molecule has 7 nitrogen and oxygen atoms in total. The van der Waals surface area contributed by atoms with Crippen LogP contribution in [-0.4, -0.2) is 81.7 Å². The van der Waals surface area contributed by atoms with Crippen molar-refractivity contribution in [3.63, 3.8) is 0 Å². The van der Waals surface area contributed by atoms with E-state index in [1.165, 1.54) is 11.8 Å². The average molecular weight is 546 g/mol. The summed E-state index contributed by atoms with van der Waals surface area (Å²) in [5.41, 5.74) is 0.320. The molecule has 39 heavy (non-hydrogen) atoms. The third-order valence-electron chi connectivity index (χ3n) is 7.32. The van der Waals surface area contributed by atoms with Crippen molar-refractivity contribution < 1.29 is 22.7 Å². The molecule has 2 heterocycles. The molecule has 2 aliphatic rings. The standard InChI is InChI=1S/C28H34F3N5O2.CH4/c1-38-25-9-7-23(8-10-25)35-16-14-33(15-17-35)11-2-4-27(37)36-13-3-12-34(18-19-36)24-6-5-22(21-32)26(20-24)28(29,30)31;/h5-10,20H,2-4,11-19H2,1H3;1H4. The third-order valence-corrected chi connectivity index (χ3v) is 7.32. The van der Waals surface area contributed by atoms with Crippen molar-refractivity contribution in [1.29, 1.82) is 5.26 Å². The summed E-state index contributed by atoms with van der Waals surface area (Å²) in [6.45, 7) is 6.73. The van der Waals surface area contributed by atoms with Crippen LogP contribution in [-0.2, 0) is 11.0 Å². The second-order valence-corrected chi connectivity index (χ2v) is 9.69. The Kier molecular flexibility index (Phi) is 10.5. The summed E-state index contributed by atoms with van der Waals surface area (Å²) >= 11 is 0. The number of nitrogens with zero attached hydrogens (tertiary/aromatic N) is 5. The Bertz CT molecular complexity index is 1130. The van der Waals surface area contributed by atoms with Gasteiger partial charge in [-0.05, 0) is 61.9 Å². The molecule has 0 aromatic heterocycles. The maximum Gasteiger partial charge on any atom is 0.417 e. The van der Waals surface area contributed by atoms with Crippen molar-refractivity contribution in [3.8, 4) is 11.8 Å². The second kappa shape index (κ2) is 13.6. The van der Waals surface area contributed by atoms with Crippen molar-refractivity contribution in [1.82, 2.24) is 9.80 Å². The number of ether oxygens (including phenoxy) is 1. The molecule has 0 bridgehead atoms. The number of anilines is 2. The van der Waals surface area contributed by atoms with E-state index in [0.29, 0.717) is 44.7 Å². The molecule has 0 N–H and O–H groups in total. The van der Waals surface area contributed by atoms with Gasteiger partial charge in [0.1, 0.15) is 5.75 Å². The zero-order chi connectivity index (χ0) is 27.1. The summed E-state index contributed by atoms with van der Waals surface area (Å²) in [5, 5.41) is 9.04. The van der Waals surface area contributed by atoms with Gasteiger partial charge < -0.3 is 19.4 Å². The van der Waals surface area contributed by atoms with Gasteiger partial charge in [0.25, 0.3) is 0 Å². The number of hydrogen-bond acceptors (Lipinski definition) is 6. The van der Waals surface area contributed by atoms with Crippen molar-refractivity contribution >= 4 is 17.3 Å². The molecule has 2 saturated heterocycles. The fraction of sp³-hybridized carbons (Fsp3) is 0.517. The van der Waals surface area contributed by atoms with Crippen LogP contribution in [0.5, 0.6) is 5.75 Å². The largest absolute Gasteiger partial charge is 0.497 e. The maximum atomic E-state index is 13.4. The number of carbonyl (C=O) groups excluding carboxylic acids is 1. The predicted octanol–water partition coefficient (Wildman–Crippen LogP) is 4.86. The lowest BCUT2D eigenvalue weighted by atomic mass is 10.1. The monoisotopic (exact) mass is 545 g/mol. The second-order valence-electron chi connectivity index (χ2n) is 9.69. The molecule has 0 saturated carbocycles. The van der Waals surface area contributed by atoms with Crippen LogP contribution in [0.1, 0.15) is 37.8 Å². The molecule has 212 valence electrons. The molecule has 2 aliphatic heterocycles. The first-order valence-corrected chi connectivity index (χ1v) is 13.0. The van der Waals surface area contributed by atoms with Gasteiger partial charge in [0.15, 0.2) is 0 Å². The SMILES string of the molecule is C.COc1ccc(N2CCN(CCCC(=O)N3CCCN(c4ccc(C#N)c(C(F)(F)F)c4)CC3)CC2)cc1. The Morgan fingerprint density at radius 2 is 1.56 bits per heavy atom. The lowest BCUT2D eigenvalue weighted by Gasteiger charge is -2.36. The molecular weight excluding hydrogens is 507 g/mol. The van der Waals surface area contributed by atoms with E-state index in [4.69, 9.17) is 10.00 Å². The molecule has 1 amide bonds.